The van der Waals surface area contributed by atoms with E-state index in [9.17, 15) is 14.4 Å². The molecule has 4 rings (SSSR count). The molecule has 1 heterocycles. The van der Waals surface area contributed by atoms with Crippen LogP contribution in [0.15, 0.2) is 90.4 Å². The SMILES string of the molecule is CC(C)C[C@H](NC(=O)C(CCCCc1ccccc1)Cc1cccc2ccccc12)C(=NNC(N)=O)C(=O)[C@@H](N)Cc1cnc[nH]1. The Morgan fingerprint density at radius 1 is 0.935 bits per heavy atom. The molecule has 0 bridgehead atoms. The lowest BCUT2D eigenvalue weighted by Crippen LogP contribution is -2.52. The van der Waals surface area contributed by atoms with E-state index in [0.717, 1.165) is 35.6 Å². The van der Waals surface area contributed by atoms with E-state index in [1.807, 2.05) is 50.2 Å². The molecule has 1 unspecified atom stereocenters. The Hall–Kier alpha value is -4.83. The van der Waals surface area contributed by atoms with Crippen molar-refractivity contribution in [2.75, 3.05) is 0 Å². The molecule has 3 amide bonds. The van der Waals surface area contributed by atoms with Gasteiger partial charge < -0.3 is 21.8 Å². The van der Waals surface area contributed by atoms with Crippen molar-refractivity contribution in [2.45, 2.75) is 70.9 Å². The fourth-order valence-corrected chi connectivity index (χ4v) is 5.76. The molecule has 0 fully saturated rings. The number of Topliss-reactive ketones (excluding diaryl/α,β-unsaturated/α-hetero) is 1. The Morgan fingerprint density at radius 2 is 1.67 bits per heavy atom. The van der Waals surface area contributed by atoms with Gasteiger partial charge in [0.25, 0.3) is 0 Å². The molecular formula is C36H45N7O3. The number of primary amides is 1. The minimum absolute atomic E-state index is 0.0409. The summed E-state index contributed by atoms with van der Waals surface area (Å²) in [5.74, 6) is -0.957. The summed E-state index contributed by atoms with van der Waals surface area (Å²) in [4.78, 5) is 46.5. The molecule has 3 aromatic carbocycles. The van der Waals surface area contributed by atoms with Crippen LogP contribution < -0.4 is 22.2 Å². The first-order valence-corrected chi connectivity index (χ1v) is 15.9. The first-order valence-electron chi connectivity index (χ1n) is 15.9. The Kier molecular flexibility index (Phi) is 12.6. The molecule has 0 saturated heterocycles. The number of hydrazone groups is 1. The number of urea groups is 1. The van der Waals surface area contributed by atoms with Crippen molar-refractivity contribution in [3.8, 4) is 0 Å². The van der Waals surface area contributed by atoms with Gasteiger partial charge in [0.15, 0.2) is 5.78 Å². The van der Waals surface area contributed by atoms with Gasteiger partial charge in [-0.3, -0.25) is 9.59 Å². The van der Waals surface area contributed by atoms with Crippen molar-refractivity contribution in [1.29, 1.82) is 0 Å². The minimum Gasteiger partial charge on any atom is -0.350 e. The van der Waals surface area contributed by atoms with Crippen LogP contribution in [-0.4, -0.2) is 45.5 Å². The molecule has 4 aromatic rings. The molecule has 3 atom stereocenters. The third-order valence-electron chi connectivity index (χ3n) is 8.05. The van der Waals surface area contributed by atoms with Gasteiger partial charge in [-0.05, 0) is 59.9 Å². The maximum absolute atomic E-state index is 14.2. The smallest absolute Gasteiger partial charge is 0.332 e. The number of benzene rings is 3. The second kappa shape index (κ2) is 17.0. The summed E-state index contributed by atoms with van der Waals surface area (Å²) in [6.45, 7) is 3.98. The van der Waals surface area contributed by atoms with E-state index in [1.54, 1.807) is 6.20 Å². The lowest BCUT2D eigenvalue weighted by atomic mass is 9.88. The lowest BCUT2D eigenvalue weighted by Gasteiger charge is -2.26. The Labute approximate surface area is 270 Å². The number of carbonyl (C=O) groups is 3. The Balaban J connectivity index is 1.58. The van der Waals surface area contributed by atoms with Gasteiger partial charge in [-0.15, -0.1) is 0 Å². The molecule has 7 N–H and O–H groups in total. The number of nitrogens with two attached hydrogens (primary N) is 2. The normalized spacial score (nSPS) is 13.7. The third-order valence-corrected chi connectivity index (χ3v) is 8.05. The second-order valence-corrected chi connectivity index (χ2v) is 12.2. The zero-order chi connectivity index (χ0) is 32.9. The van der Waals surface area contributed by atoms with Gasteiger partial charge in [0.05, 0.1) is 18.4 Å². The summed E-state index contributed by atoms with van der Waals surface area (Å²) in [5.41, 5.74) is 16.8. The van der Waals surface area contributed by atoms with E-state index in [-0.39, 0.29) is 29.9 Å². The van der Waals surface area contributed by atoms with Crippen molar-refractivity contribution < 1.29 is 14.4 Å². The van der Waals surface area contributed by atoms with E-state index >= 15 is 0 Å². The molecule has 242 valence electrons. The molecule has 1 aromatic heterocycles. The molecule has 46 heavy (non-hydrogen) atoms. The molecule has 10 nitrogen and oxygen atoms in total. The van der Waals surface area contributed by atoms with Crippen molar-refractivity contribution >= 4 is 34.2 Å². The molecule has 0 spiro atoms. The molecule has 0 radical (unpaired) electrons. The van der Waals surface area contributed by atoms with Gasteiger partial charge in [-0.25, -0.2) is 15.2 Å². The van der Waals surface area contributed by atoms with Crippen LogP contribution in [0, 0.1) is 11.8 Å². The number of nitrogens with zero attached hydrogens (tertiary/aromatic N) is 2. The van der Waals surface area contributed by atoms with Crippen molar-refractivity contribution in [3.05, 3.63) is 102 Å². The van der Waals surface area contributed by atoms with Crippen LogP contribution in [0.5, 0.6) is 0 Å². The minimum atomic E-state index is -0.982. The number of imidazole rings is 1. The number of hydrogen-bond donors (Lipinski definition) is 5. The number of H-pyrrole nitrogens is 1. The van der Waals surface area contributed by atoms with Crippen molar-refractivity contribution in [2.24, 2.45) is 28.4 Å². The molecule has 0 aliphatic heterocycles. The van der Waals surface area contributed by atoms with Crippen molar-refractivity contribution in [1.82, 2.24) is 20.7 Å². The number of hydrogen-bond acceptors (Lipinski definition) is 6. The average molecular weight is 624 g/mol. The standard InChI is InChI=1S/C36H45N7O3/c1-24(2)19-32(33(42-43-36(38)46)34(44)31(37)21-29-22-39-23-40-29)41-35(45)28(15-7-6-13-25-11-4-3-5-12-25)20-27-17-10-16-26-14-8-9-18-30(26)27/h3-5,8-12,14,16-18,22-24,28,31-32H,6-7,13,15,19-21,37H2,1-2H3,(H,39,40)(H,41,45)(H3,38,43,46)/t28?,31-,32-/m0/s1. The van der Waals surface area contributed by atoms with Crippen LogP contribution in [-0.2, 0) is 28.9 Å². The largest absolute Gasteiger partial charge is 0.350 e. The van der Waals surface area contributed by atoms with E-state index in [1.165, 1.54) is 11.9 Å². The molecule has 0 aliphatic carbocycles. The van der Waals surface area contributed by atoms with Gasteiger partial charge in [-0.1, -0.05) is 93.1 Å². The molecule has 0 aliphatic rings. The maximum Gasteiger partial charge on any atom is 0.332 e. The van der Waals surface area contributed by atoms with Crippen LogP contribution in [0.25, 0.3) is 10.8 Å². The van der Waals surface area contributed by atoms with E-state index in [4.69, 9.17) is 11.5 Å². The Morgan fingerprint density at radius 3 is 2.39 bits per heavy atom. The Bertz CT molecular complexity index is 1600. The monoisotopic (exact) mass is 623 g/mol. The highest BCUT2D eigenvalue weighted by molar-refractivity contribution is 6.43. The highest BCUT2D eigenvalue weighted by Crippen LogP contribution is 2.25. The number of rotatable bonds is 17. The fourth-order valence-electron chi connectivity index (χ4n) is 5.76. The molecule has 10 heteroatoms. The quantitative estimate of drug-likeness (QED) is 0.0644. The summed E-state index contributed by atoms with van der Waals surface area (Å²) < 4.78 is 0. The van der Waals surface area contributed by atoms with Crippen LogP contribution >= 0.6 is 0 Å². The average Bonchev–Trinajstić information content (AvgIpc) is 3.55. The number of fused-ring (bicyclic) bond motifs is 1. The number of unbranched alkanes of at least 4 members (excludes halogenated alkanes) is 1. The van der Waals surface area contributed by atoms with Gasteiger partial charge in [-0.2, -0.15) is 5.10 Å². The van der Waals surface area contributed by atoms with Gasteiger partial charge in [0.1, 0.15) is 5.71 Å². The topological polar surface area (TPSA) is 168 Å². The van der Waals surface area contributed by atoms with Crippen LogP contribution in [0.4, 0.5) is 4.79 Å². The van der Waals surface area contributed by atoms with Gasteiger partial charge >= 0.3 is 6.03 Å². The fraction of sp³-hybridized carbons (Fsp3) is 0.361. The number of amides is 3. The first kappa shape index (κ1) is 34.1. The number of ketones is 1. The highest BCUT2D eigenvalue weighted by Gasteiger charge is 2.32. The van der Waals surface area contributed by atoms with E-state index in [2.05, 4.69) is 62.2 Å². The van der Waals surface area contributed by atoms with Crippen LogP contribution in [0.3, 0.4) is 0 Å². The number of nitrogens with one attached hydrogen (secondary N) is 3. The van der Waals surface area contributed by atoms with Gasteiger partial charge in [0, 0.05) is 24.2 Å². The summed E-state index contributed by atoms with van der Waals surface area (Å²) in [6, 6.07) is 21.9. The van der Waals surface area contributed by atoms with Gasteiger partial charge in [0.2, 0.25) is 5.91 Å². The first-order chi connectivity index (χ1) is 22.2. The van der Waals surface area contributed by atoms with Crippen molar-refractivity contribution in [3.63, 3.8) is 0 Å². The highest BCUT2D eigenvalue weighted by atomic mass is 16.2. The zero-order valence-corrected chi connectivity index (χ0v) is 26.6. The molecule has 0 saturated carbocycles. The third kappa shape index (κ3) is 10.1. The predicted molar refractivity (Wildman–Crippen MR) is 182 cm³/mol. The number of carbonyl (C=O) groups excluding carboxylic acids is 3. The predicted octanol–water partition coefficient (Wildman–Crippen LogP) is 4.83. The van der Waals surface area contributed by atoms with E-state index < -0.39 is 23.9 Å². The number of aromatic amines is 1. The summed E-state index contributed by atoms with van der Waals surface area (Å²) >= 11 is 0. The number of aryl methyl sites for hydroxylation is 1. The number of aromatic nitrogens is 2. The van der Waals surface area contributed by atoms with Crippen LogP contribution in [0.2, 0.25) is 0 Å². The second-order valence-electron chi connectivity index (χ2n) is 12.2. The lowest BCUT2D eigenvalue weighted by molar-refractivity contribution is -0.125. The van der Waals surface area contributed by atoms with E-state index in [0.29, 0.717) is 25.0 Å². The molecular weight excluding hydrogens is 578 g/mol. The maximum atomic E-state index is 14.2. The zero-order valence-electron chi connectivity index (χ0n) is 26.6. The summed E-state index contributed by atoms with van der Waals surface area (Å²) in [5, 5.41) is 9.46. The summed E-state index contributed by atoms with van der Waals surface area (Å²) in [7, 11) is 0. The summed E-state index contributed by atoms with van der Waals surface area (Å²) in [6.07, 6.45) is 7.60. The van der Waals surface area contributed by atoms with Crippen LogP contribution in [0.1, 0.15) is 56.4 Å².